The Balaban J connectivity index is 2.63. The van der Waals surface area contributed by atoms with Gasteiger partial charge in [0.1, 0.15) is 0 Å². The third-order valence-electron chi connectivity index (χ3n) is 5.25. The van der Waals surface area contributed by atoms with Gasteiger partial charge in [-0.2, -0.15) is 0 Å². The van der Waals surface area contributed by atoms with E-state index in [1.807, 2.05) is 6.07 Å². The SMILES string of the molecule is CC(C)[Si](C\C=C/C=C/C=C/c1ccccc1)(C(C)C)C(C)C. The zero-order chi connectivity index (χ0) is 17.3. The van der Waals surface area contributed by atoms with Crippen molar-refractivity contribution in [3.8, 4) is 0 Å². The first-order chi connectivity index (χ1) is 10.9. The van der Waals surface area contributed by atoms with Gasteiger partial charge in [-0.3, -0.25) is 0 Å². The first-order valence-corrected chi connectivity index (χ1v) is 11.4. The van der Waals surface area contributed by atoms with E-state index >= 15 is 0 Å². The van der Waals surface area contributed by atoms with Crippen molar-refractivity contribution in [2.24, 2.45) is 0 Å². The number of hydrogen-bond acceptors (Lipinski definition) is 0. The lowest BCUT2D eigenvalue weighted by atomic mass is 10.2. The Morgan fingerprint density at radius 3 is 1.78 bits per heavy atom. The highest BCUT2D eigenvalue weighted by Crippen LogP contribution is 2.44. The first-order valence-electron chi connectivity index (χ1n) is 8.96. The van der Waals surface area contributed by atoms with Crippen LogP contribution in [0.4, 0.5) is 0 Å². The minimum absolute atomic E-state index is 0.828. The van der Waals surface area contributed by atoms with Gasteiger partial charge >= 0.3 is 0 Å². The Labute approximate surface area is 145 Å². The van der Waals surface area contributed by atoms with E-state index in [4.69, 9.17) is 0 Å². The second-order valence-corrected chi connectivity index (χ2v) is 13.5. The summed E-state index contributed by atoms with van der Waals surface area (Å²) < 4.78 is 0. The summed E-state index contributed by atoms with van der Waals surface area (Å²) in [5.74, 6) is 0. The summed E-state index contributed by atoms with van der Waals surface area (Å²) in [5.41, 5.74) is 3.73. The molecule has 0 heterocycles. The maximum Gasteiger partial charge on any atom is 0.0650 e. The molecule has 0 spiro atoms. The molecule has 1 rings (SSSR count). The highest BCUT2D eigenvalue weighted by Gasteiger charge is 2.41. The minimum Gasteiger partial charge on any atom is -0.0872 e. The Hall–Kier alpha value is -1.34. The van der Waals surface area contributed by atoms with E-state index in [1.54, 1.807) is 0 Å². The lowest BCUT2D eigenvalue weighted by molar-refractivity contribution is 0.811. The minimum atomic E-state index is -1.29. The average Bonchev–Trinajstić information content (AvgIpc) is 2.50. The van der Waals surface area contributed by atoms with Gasteiger partial charge in [0, 0.05) is 0 Å². The molecule has 0 amide bonds. The van der Waals surface area contributed by atoms with Crippen LogP contribution in [0.25, 0.3) is 6.08 Å². The summed E-state index contributed by atoms with van der Waals surface area (Å²) in [5, 5.41) is 0. The van der Waals surface area contributed by atoms with E-state index in [-0.39, 0.29) is 0 Å². The molecule has 0 fully saturated rings. The van der Waals surface area contributed by atoms with Crippen molar-refractivity contribution in [1.82, 2.24) is 0 Å². The highest BCUT2D eigenvalue weighted by molar-refractivity contribution is 6.83. The summed E-state index contributed by atoms with van der Waals surface area (Å²) in [6, 6.07) is 11.7. The van der Waals surface area contributed by atoms with Crippen LogP contribution in [-0.2, 0) is 0 Å². The second-order valence-electron chi connectivity index (χ2n) is 7.36. The summed E-state index contributed by atoms with van der Waals surface area (Å²) in [7, 11) is -1.29. The molecule has 1 aromatic carbocycles. The molecule has 0 saturated heterocycles. The van der Waals surface area contributed by atoms with Crippen molar-refractivity contribution < 1.29 is 0 Å². The van der Waals surface area contributed by atoms with Crippen LogP contribution in [-0.4, -0.2) is 8.07 Å². The summed E-state index contributed by atoms with van der Waals surface area (Å²) >= 11 is 0. The largest absolute Gasteiger partial charge is 0.0872 e. The van der Waals surface area contributed by atoms with Crippen LogP contribution in [0.2, 0.25) is 22.7 Å². The van der Waals surface area contributed by atoms with E-state index in [2.05, 4.69) is 102 Å². The van der Waals surface area contributed by atoms with E-state index in [9.17, 15) is 0 Å². The normalized spacial score (nSPS) is 13.6. The first kappa shape index (κ1) is 19.7. The number of hydrogen-bond donors (Lipinski definition) is 0. The zero-order valence-electron chi connectivity index (χ0n) is 15.8. The Bertz CT molecular complexity index is 496. The van der Waals surface area contributed by atoms with Gasteiger partial charge in [-0.15, -0.1) is 0 Å². The van der Waals surface area contributed by atoms with Gasteiger partial charge in [0.25, 0.3) is 0 Å². The molecule has 0 aliphatic carbocycles. The lowest BCUT2D eigenvalue weighted by Gasteiger charge is -2.42. The molecule has 126 valence electrons. The van der Waals surface area contributed by atoms with Gasteiger partial charge in [0.05, 0.1) is 8.07 Å². The maximum absolute atomic E-state index is 2.43. The number of rotatable bonds is 8. The standard InChI is InChI=1S/C22H34Si/c1-19(2)23(20(3)4,21(5)6)18-14-9-7-8-11-15-22-16-12-10-13-17-22/h7-17,19-21H,18H2,1-6H3/b8-7+,14-9-,15-11+. The molecule has 0 saturated carbocycles. The molecule has 0 N–H and O–H groups in total. The van der Waals surface area contributed by atoms with Crippen molar-refractivity contribution in [2.75, 3.05) is 0 Å². The molecule has 0 radical (unpaired) electrons. The molecular formula is C22H34Si. The fourth-order valence-corrected chi connectivity index (χ4v) is 9.88. The van der Waals surface area contributed by atoms with Crippen LogP contribution >= 0.6 is 0 Å². The fraction of sp³-hybridized carbons (Fsp3) is 0.455. The Morgan fingerprint density at radius 2 is 1.26 bits per heavy atom. The Kier molecular flexibility index (Phi) is 8.33. The van der Waals surface area contributed by atoms with E-state index < -0.39 is 8.07 Å². The molecule has 0 unspecified atom stereocenters. The van der Waals surface area contributed by atoms with Gasteiger partial charge in [-0.25, -0.2) is 0 Å². The number of allylic oxidation sites excluding steroid dienone is 5. The highest BCUT2D eigenvalue weighted by atomic mass is 28.3. The third-order valence-corrected chi connectivity index (χ3v) is 12.6. The van der Waals surface area contributed by atoms with Crippen molar-refractivity contribution in [1.29, 1.82) is 0 Å². The zero-order valence-corrected chi connectivity index (χ0v) is 16.8. The van der Waals surface area contributed by atoms with E-state index in [1.165, 1.54) is 11.6 Å². The van der Waals surface area contributed by atoms with Gasteiger partial charge in [-0.1, -0.05) is 125 Å². The molecule has 1 heteroatoms. The molecule has 0 aromatic heterocycles. The van der Waals surface area contributed by atoms with Gasteiger partial charge in [0.2, 0.25) is 0 Å². The van der Waals surface area contributed by atoms with Crippen molar-refractivity contribution in [3.63, 3.8) is 0 Å². The molecule has 0 bridgehead atoms. The van der Waals surface area contributed by atoms with Crippen LogP contribution in [0.5, 0.6) is 0 Å². The molecule has 1 aromatic rings. The topological polar surface area (TPSA) is 0 Å². The van der Waals surface area contributed by atoms with Crippen LogP contribution < -0.4 is 0 Å². The average molecular weight is 327 g/mol. The molecule has 23 heavy (non-hydrogen) atoms. The van der Waals surface area contributed by atoms with Crippen LogP contribution in [0.1, 0.15) is 47.1 Å². The fourth-order valence-electron chi connectivity index (χ4n) is 3.92. The monoisotopic (exact) mass is 326 g/mol. The molecule has 0 nitrogen and oxygen atoms in total. The third kappa shape index (κ3) is 5.66. The van der Waals surface area contributed by atoms with E-state index in [0.717, 1.165) is 16.6 Å². The quantitative estimate of drug-likeness (QED) is 0.343. The van der Waals surface area contributed by atoms with Crippen molar-refractivity contribution >= 4 is 14.1 Å². The Morgan fingerprint density at radius 1 is 0.739 bits per heavy atom. The lowest BCUT2D eigenvalue weighted by Crippen LogP contribution is -2.43. The van der Waals surface area contributed by atoms with Crippen molar-refractivity contribution in [3.05, 3.63) is 66.3 Å². The van der Waals surface area contributed by atoms with Crippen molar-refractivity contribution in [2.45, 2.75) is 64.2 Å². The van der Waals surface area contributed by atoms with Gasteiger partial charge in [-0.05, 0) is 11.6 Å². The molecular weight excluding hydrogens is 292 g/mol. The van der Waals surface area contributed by atoms with Crippen LogP contribution in [0.15, 0.2) is 60.7 Å². The predicted octanol–water partition coefficient (Wildman–Crippen LogP) is 7.49. The van der Waals surface area contributed by atoms with Crippen LogP contribution in [0.3, 0.4) is 0 Å². The van der Waals surface area contributed by atoms with E-state index in [0.29, 0.717) is 0 Å². The second kappa shape index (κ2) is 9.72. The van der Waals surface area contributed by atoms with Gasteiger partial charge < -0.3 is 0 Å². The number of benzene rings is 1. The molecule has 0 atom stereocenters. The molecule has 0 aliphatic heterocycles. The summed E-state index contributed by atoms with van der Waals surface area (Å²) in [6.45, 7) is 14.6. The maximum atomic E-state index is 2.43. The summed E-state index contributed by atoms with van der Waals surface area (Å²) in [6.07, 6.45) is 13.1. The molecule has 0 aliphatic rings. The van der Waals surface area contributed by atoms with Crippen LogP contribution in [0, 0.1) is 0 Å². The predicted molar refractivity (Wildman–Crippen MR) is 110 cm³/mol. The summed E-state index contributed by atoms with van der Waals surface area (Å²) in [4.78, 5) is 0. The smallest absolute Gasteiger partial charge is 0.0650 e. The van der Waals surface area contributed by atoms with Gasteiger partial charge in [0.15, 0.2) is 0 Å².